The number of guanidine groups is 1. The van der Waals surface area contributed by atoms with Gasteiger partial charge in [0, 0.05) is 20.1 Å². The molecule has 0 radical (unpaired) electrons. The summed E-state index contributed by atoms with van der Waals surface area (Å²) < 4.78 is 18.7. The van der Waals surface area contributed by atoms with Crippen molar-refractivity contribution in [2.24, 2.45) is 10.7 Å². The Balaban J connectivity index is 2.05. The van der Waals surface area contributed by atoms with Crippen LogP contribution in [0.1, 0.15) is 18.1 Å². The van der Waals surface area contributed by atoms with E-state index in [1.54, 1.807) is 12.1 Å². The molecular weight excluding hydrogens is 347 g/mol. The zero-order valence-electron chi connectivity index (χ0n) is 15.6. The van der Waals surface area contributed by atoms with Gasteiger partial charge in [-0.3, -0.25) is 4.79 Å². The Kier molecular flexibility index (Phi) is 7.61. The van der Waals surface area contributed by atoms with Gasteiger partial charge in [0.2, 0.25) is 0 Å². The second-order valence-corrected chi connectivity index (χ2v) is 6.06. The van der Waals surface area contributed by atoms with E-state index in [1.165, 1.54) is 12.1 Å². The smallest absolute Gasteiger partial charge is 0.255 e. The van der Waals surface area contributed by atoms with Gasteiger partial charge in [0.05, 0.1) is 6.54 Å². The number of nitrogens with zero attached hydrogens (tertiary/aromatic N) is 2. The van der Waals surface area contributed by atoms with E-state index in [0.29, 0.717) is 31.3 Å². The van der Waals surface area contributed by atoms with Gasteiger partial charge >= 0.3 is 0 Å². The van der Waals surface area contributed by atoms with E-state index in [-0.39, 0.29) is 12.4 Å². The van der Waals surface area contributed by atoms with Crippen LogP contribution in [0.15, 0.2) is 53.5 Å². The SMILES string of the molecule is CCNC(=NCc1cccc(OCC(N)=O)c1)N(C)Cc1cccc(F)c1. The van der Waals surface area contributed by atoms with Crippen LogP contribution in [0.3, 0.4) is 0 Å². The highest BCUT2D eigenvalue weighted by atomic mass is 19.1. The maximum atomic E-state index is 13.4. The van der Waals surface area contributed by atoms with Crippen molar-refractivity contribution in [1.29, 1.82) is 0 Å². The summed E-state index contributed by atoms with van der Waals surface area (Å²) in [4.78, 5) is 17.4. The van der Waals surface area contributed by atoms with Crippen molar-refractivity contribution in [3.8, 4) is 5.75 Å². The van der Waals surface area contributed by atoms with Gasteiger partial charge in [-0.25, -0.2) is 9.38 Å². The minimum Gasteiger partial charge on any atom is -0.484 e. The number of primary amides is 1. The van der Waals surface area contributed by atoms with Crippen LogP contribution in [0.5, 0.6) is 5.75 Å². The molecule has 0 aromatic heterocycles. The van der Waals surface area contributed by atoms with Crippen LogP contribution in [0.2, 0.25) is 0 Å². The quantitative estimate of drug-likeness (QED) is 0.550. The molecule has 3 N–H and O–H groups in total. The predicted molar refractivity (Wildman–Crippen MR) is 104 cm³/mol. The third-order valence-electron chi connectivity index (χ3n) is 3.70. The number of nitrogens with one attached hydrogen (secondary N) is 1. The Hall–Kier alpha value is -3.09. The zero-order chi connectivity index (χ0) is 19.6. The van der Waals surface area contributed by atoms with Gasteiger partial charge in [-0.1, -0.05) is 24.3 Å². The molecule has 0 bridgehead atoms. The fourth-order valence-corrected chi connectivity index (χ4v) is 2.51. The second kappa shape index (κ2) is 10.2. The standard InChI is InChI=1S/C20H25FN4O2/c1-3-23-20(25(2)13-16-7-4-8-17(21)10-16)24-12-15-6-5-9-18(11-15)27-14-19(22)26/h4-11H,3,12-14H2,1-2H3,(H2,22,26)(H,23,24). The summed E-state index contributed by atoms with van der Waals surface area (Å²) in [6.45, 7) is 3.51. The molecule has 0 heterocycles. The Bertz CT molecular complexity index is 795. The van der Waals surface area contributed by atoms with Crippen molar-refractivity contribution < 1.29 is 13.9 Å². The fourth-order valence-electron chi connectivity index (χ4n) is 2.51. The molecule has 0 unspecified atom stereocenters. The lowest BCUT2D eigenvalue weighted by atomic mass is 10.2. The first kappa shape index (κ1) is 20.2. The topological polar surface area (TPSA) is 80.0 Å². The molecule has 0 aliphatic heterocycles. The summed E-state index contributed by atoms with van der Waals surface area (Å²) >= 11 is 0. The number of ether oxygens (including phenoxy) is 1. The van der Waals surface area contributed by atoms with Crippen LogP contribution in [0, 0.1) is 5.82 Å². The number of hydrogen-bond donors (Lipinski definition) is 2. The van der Waals surface area contributed by atoms with Crippen LogP contribution in [0.25, 0.3) is 0 Å². The molecule has 0 spiro atoms. The zero-order valence-corrected chi connectivity index (χ0v) is 15.6. The molecule has 6 nitrogen and oxygen atoms in total. The summed E-state index contributed by atoms with van der Waals surface area (Å²) in [6, 6.07) is 13.9. The Morgan fingerprint density at radius 2 is 1.96 bits per heavy atom. The lowest BCUT2D eigenvalue weighted by molar-refractivity contribution is -0.119. The van der Waals surface area contributed by atoms with E-state index < -0.39 is 5.91 Å². The van der Waals surface area contributed by atoms with Crippen molar-refractivity contribution in [3.05, 3.63) is 65.5 Å². The maximum Gasteiger partial charge on any atom is 0.255 e. The maximum absolute atomic E-state index is 13.4. The predicted octanol–water partition coefficient (Wildman–Crippen LogP) is 2.29. The normalized spacial score (nSPS) is 11.1. The van der Waals surface area contributed by atoms with Gasteiger partial charge in [0.25, 0.3) is 5.91 Å². The van der Waals surface area contributed by atoms with E-state index in [1.807, 2.05) is 43.1 Å². The third-order valence-corrected chi connectivity index (χ3v) is 3.70. The Morgan fingerprint density at radius 1 is 1.22 bits per heavy atom. The van der Waals surface area contributed by atoms with Crippen molar-refractivity contribution in [1.82, 2.24) is 10.2 Å². The largest absolute Gasteiger partial charge is 0.484 e. The van der Waals surface area contributed by atoms with Crippen molar-refractivity contribution >= 4 is 11.9 Å². The number of nitrogens with two attached hydrogens (primary N) is 1. The second-order valence-electron chi connectivity index (χ2n) is 6.06. The average Bonchev–Trinajstić information content (AvgIpc) is 2.63. The van der Waals surface area contributed by atoms with Crippen LogP contribution in [-0.2, 0) is 17.9 Å². The van der Waals surface area contributed by atoms with Gasteiger partial charge in [0.15, 0.2) is 12.6 Å². The van der Waals surface area contributed by atoms with E-state index in [2.05, 4.69) is 10.3 Å². The lowest BCUT2D eigenvalue weighted by Gasteiger charge is -2.22. The molecule has 0 saturated heterocycles. The first-order valence-corrected chi connectivity index (χ1v) is 8.72. The molecule has 0 aliphatic carbocycles. The summed E-state index contributed by atoms with van der Waals surface area (Å²) in [5.41, 5.74) is 6.90. The highest BCUT2D eigenvalue weighted by molar-refractivity contribution is 5.79. The average molecular weight is 372 g/mol. The number of rotatable bonds is 8. The molecule has 2 rings (SSSR count). The number of carbonyl (C=O) groups excluding carboxylic acids is 1. The molecule has 144 valence electrons. The highest BCUT2D eigenvalue weighted by Gasteiger charge is 2.07. The van der Waals surface area contributed by atoms with E-state index in [9.17, 15) is 9.18 Å². The third kappa shape index (κ3) is 6.97. The molecule has 27 heavy (non-hydrogen) atoms. The van der Waals surface area contributed by atoms with E-state index >= 15 is 0 Å². The number of aliphatic imine (C=N–C) groups is 1. The number of hydrogen-bond acceptors (Lipinski definition) is 3. The molecule has 0 fully saturated rings. The monoisotopic (exact) mass is 372 g/mol. The highest BCUT2D eigenvalue weighted by Crippen LogP contribution is 2.14. The summed E-state index contributed by atoms with van der Waals surface area (Å²) in [6.07, 6.45) is 0. The van der Waals surface area contributed by atoms with E-state index in [0.717, 1.165) is 11.1 Å². The molecule has 2 aromatic carbocycles. The Labute approximate surface area is 158 Å². The van der Waals surface area contributed by atoms with Crippen molar-refractivity contribution in [2.45, 2.75) is 20.0 Å². The number of carbonyl (C=O) groups is 1. The molecule has 0 atom stereocenters. The summed E-state index contributed by atoms with van der Waals surface area (Å²) in [5, 5.41) is 3.23. The first-order valence-electron chi connectivity index (χ1n) is 8.72. The van der Waals surface area contributed by atoms with Gasteiger partial charge in [-0.05, 0) is 42.3 Å². The molecule has 7 heteroatoms. The molecule has 0 saturated carbocycles. The van der Waals surface area contributed by atoms with Crippen LogP contribution < -0.4 is 15.8 Å². The van der Waals surface area contributed by atoms with Gasteiger partial charge in [-0.2, -0.15) is 0 Å². The number of halogens is 1. The first-order chi connectivity index (χ1) is 13.0. The number of benzene rings is 2. The fraction of sp³-hybridized carbons (Fsp3) is 0.300. The van der Waals surface area contributed by atoms with Gasteiger partial charge in [0.1, 0.15) is 11.6 Å². The lowest BCUT2D eigenvalue weighted by Crippen LogP contribution is -2.38. The molecular formula is C20H25FN4O2. The molecule has 2 aromatic rings. The van der Waals surface area contributed by atoms with Gasteiger partial charge in [-0.15, -0.1) is 0 Å². The van der Waals surface area contributed by atoms with Crippen LogP contribution in [0.4, 0.5) is 4.39 Å². The van der Waals surface area contributed by atoms with Crippen LogP contribution >= 0.6 is 0 Å². The van der Waals surface area contributed by atoms with Gasteiger partial charge < -0.3 is 20.7 Å². The number of amides is 1. The van der Waals surface area contributed by atoms with Crippen molar-refractivity contribution in [2.75, 3.05) is 20.2 Å². The molecule has 1 amide bonds. The minimum atomic E-state index is -0.521. The summed E-state index contributed by atoms with van der Waals surface area (Å²) in [5.74, 6) is 0.507. The Morgan fingerprint density at radius 3 is 2.67 bits per heavy atom. The van der Waals surface area contributed by atoms with Crippen LogP contribution in [-0.4, -0.2) is 37.0 Å². The van der Waals surface area contributed by atoms with E-state index in [4.69, 9.17) is 10.5 Å². The van der Waals surface area contributed by atoms with Crippen molar-refractivity contribution in [3.63, 3.8) is 0 Å². The molecule has 0 aliphatic rings. The minimum absolute atomic E-state index is 0.161. The summed E-state index contributed by atoms with van der Waals surface area (Å²) in [7, 11) is 1.90.